The fourth-order valence-corrected chi connectivity index (χ4v) is 1.83. The van der Waals surface area contributed by atoms with Gasteiger partial charge in [-0.25, -0.2) is 0 Å². The number of amides is 1. The Labute approximate surface area is 89.3 Å². The third kappa shape index (κ3) is 1.53. The van der Waals surface area contributed by atoms with E-state index in [9.17, 15) is 9.90 Å². The number of hydrogen-bond donors (Lipinski definition) is 1. The van der Waals surface area contributed by atoms with E-state index < -0.39 is 5.54 Å². The molecule has 0 unspecified atom stereocenters. The maximum atomic E-state index is 12.0. The molecule has 0 atom stereocenters. The third-order valence-corrected chi connectivity index (χ3v) is 2.94. The van der Waals surface area contributed by atoms with Gasteiger partial charge in [-0.1, -0.05) is 18.2 Å². The molecule has 0 saturated heterocycles. The molecular formula is C12H15NO2. The highest BCUT2D eigenvalue weighted by molar-refractivity contribution is 5.98. The first kappa shape index (κ1) is 10.2. The summed E-state index contributed by atoms with van der Waals surface area (Å²) in [4.78, 5) is 13.7. The summed E-state index contributed by atoms with van der Waals surface area (Å²) in [5, 5.41) is 9.26. The normalized spacial score (nSPS) is 15.7. The van der Waals surface area contributed by atoms with Crippen molar-refractivity contribution in [2.75, 3.05) is 6.61 Å². The Bertz CT molecular complexity index is 398. The summed E-state index contributed by atoms with van der Waals surface area (Å²) in [6, 6.07) is 7.60. The molecule has 3 heteroatoms. The van der Waals surface area contributed by atoms with Gasteiger partial charge in [0, 0.05) is 12.1 Å². The Morgan fingerprint density at radius 1 is 1.40 bits per heavy atom. The zero-order valence-corrected chi connectivity index (χ0v) is 9.03. The molecule has 1 heterocycles. The van der Waals surface area contributed by atoms with Gasteiger partial charge in [-0.3, -0.25) is 4.79 Å². The second kappa shape index (κ2) is 3.35. The largest absolute Gasteiger partial charge is 0.394 e. The van der Waals surface area contributed by atoms with E-state index in [1.807, 2.05) is 38.1 Å². The summed E-state index contributed by atoms with van der Waals surface area (Å²) in [6.45, 7) is 4.32. The van der Waals surface area contributed by atoms with E-state index >= 15 is 0 Å². The first-order valence-corrected chi connectivity index (χ1v) is 5.07. The molecule has 1 aromatic carbocycles. The van der Waals surface area contributed by atoms with Gasteiger partial charge in [0.1, 0.15) is 0 Å². The highest BCUT2D eigenvalue weighted by Crippen LogP contribution is 2.28. The number of benzene rings is 1. The van der Waals surface area contributed by atoms with Crippen molar-refractivity contribution in [2.24, 2.45) is 0 Å². The molecule has 0 bridgehead atoms. The summed E-state index contributed by atoms with van der Waals surface area (Å²) in [5.74, 6) is 0.0182. The Morgan fingerprint density at radius 2 is 2.07 bits per heavy atom. The third-order valence-electron chi connectivity index (χ3n) is 2.94. The number of aliphatic hydroxyl groups excluding tert-OH is 1. The van der Waals surface area contributed by atoms with E-state index in [4.69, 9.17) is 0 Å². The van der Waals surface area contributed by atoms with Crippen LogP contribution in [0.5, 0.6) is 0 Å². The average molecular weight is 205 g/mol. The van der Waals surface area contributed by atoms with Gasteiger partial charge < -0.3 is 10.0 Å². The van der Waals surface area contributed by atoms with Crippen LogP contribution in [0.2, 0.25) is 0 Å². The molecule has 1 N–H and O–H groups in total. The molecular weight excluding hydrogens is 190 g/mol. The van der Waals surface area contributed by atoms with Gasteiger partial charge in [-0.15, -0.1) is 0 Å². The smallest absolute Gasteiger partial charge is 0.255 e. The Morgan fingerprint density at radius 3 is 2.67 bits per heavy atom. The van der Waals surface area contributed by atoms with Gasteiger partial charge >= 0.3 is 0 Å². The van der Waals surface area contributed by atoms with Crippen molar-refractivity contribution in [1.82, 2.24) is 4.90 Å². The van der Waals surface area contributed by atoms with Crippen molar-refractivity contribution in [3.05, 3.63) is 35.4 Å². The van der Waals surface area contributed by atoms with Gasteiger partial charge in [-0.2, -0.15) is 0 Å². The monoisotopic (exact) mass is 205 g/mol. The molecule has 1 aliphatic rings. The van der Waals surface area contributed by atoms with Crippen molar-refractivity contribution in [1.29, 1.82) is 0 Å². The molecule has 80 valence electrons. The van der Waals surface area contributed by atoms with Crippen LogP contribution in [0.4, 0.5) is 0 Å². The molecule has 3 nitrogen and oxygen atoms in total. The lowest BCUT2D eigenvalue weighted by Gasteiger charge is -2.33. The van der Waals surface area contributed by atoms with Gasteiger partial charge in [0.2, 0.25) is 0 Å². The molecule has 1 amide bonds. The number of carbonyl (C=O) groups excluding carboxylic acids is 1. The summed E-state index contributed by atoms with van der Waals surface area (Å²) < 4.78 is 0. The zero-order chi connectivity index (χ0) is 11.1. The lowest BCUT2D eigenvalue weighted by molar-refractivity contribution is 0.0395. The Kier molecular flexibility index (Phi) is 2.27. The van der Waals surface area contributed by atoms with Crippen molar-refractivity contribution in [3.8, 4) is 0 Å². The average Bonchev–Trinajstić information content (AvgIpc) is 2.58. The van der Waals surface area contributed by atoms with Crippen LogP contribution >= 0.6 is 0 Å². The predicted octanol–water partition coefficient (Wildman–Crippen LogP) is 1.41. The van der Waals surface area contributed by atoms with Crippen LogP contribution in [0.1, 0.15) is 29.8 Å². The number of fused-ring (bicyclic) bond motifs is 1. The summed E-state index contributed by atoms with van der Waals surface area (Å²) >= 11 is 0. The van der Waals surface area contributed by atoms with Gasteiger partial charge in [0.15, 0.2) is 0 Å². The minimum Gasteiger partial charge on any atom is -0.394 e. The Balaban J connectivity index is 2.35. The van der Waals surface area contributed by atoms with E-state index in [0.29, 0.717) is 6.54 Å². The van der Waals surface area contributed by atoms with Gasteiger partial charge in [0.25, 0.3) is 5.91 Å². The van der Waals surface area contributed by atoms with E-state index in [0.717, 1.165) is 11.1 Å². The predicted molar refractivity (Wildman–Crippen MR) is 57.5 cm³/mol. The summed E-state index contributed by atoms with van der Waals surface area (Å²) in [5.41, 5.74) is 1.32. The van der Waals surface area contributed by atoms with E-state index in [-0.39, 0.29) is 12.5 Å². The highest BCUT2D eigenvalue weighted by Gasteiger charge is 2.36. The molecule has 0 aliphatic carbocycles. The molecule has 0 spiro atoms. The van der Waals surface area contributed by atoms with Crippen molar-refractivity contribution in [3.63, 3.8) is 0 Å². The lowest BCUT2D eigenvalue weighted by atomic mass is 10.1. The van der Waals surface area contributed by atoms with Crippen LogP contribution in [-0.4, -0.2) is 28.1 Å². The molecule has 0 fully saturated rings. The number of hydrogen-bond acceptors (Lipinski definition) is 2. The maximum Gasteiger partial charge on any atom is 0.255 e. The first-order valence-electron chi connectivity index (χ1n) is 5.07. The Hall–Kier alpha value is -1.35. The molecule has 1 aliphatic heterocycles. The summed E-state index contributed by atoms with van der Waals surface area (Å²) in [7, 11) is 0. The molecule has 0 saturated carbocycles. The second-order valence-corrected chi connectivity index (χ2v) is 4.52. The van der Waals surface area contributed by atoms with Crippen molar-refractivity contribution in [2.45, 2.75) is 25.9 Å². The van der Waals surface area contributed by atoms with Crippen LogP contribution < -0.4 is 0 Å². The molecule has 15 heavy (non-hydrogen) atoms. The molecule has 0 radical (unpaired) electrons. The number of aliphatic hydroxyl groups is 1. The first-order chi connectivity index (χ1) is 7.06. The molecule has 1 aromatic rings. The lowest BCUT2D eigenvalue weighted by Crippen LogP contribution is -2.46. The quantitative estimate of drug-likeness (QED) is 0.793. The fraction of sp³-hybridized carbons (Fsp3) is 0.417. The van der Waals surface area contributed by atoms with E-state index in [1.54, 1.807) is 4.90 Å². The standard InChI is InChI=1S/C12H15NO2/c1-12(2,8-14)13-7-9-5-3-4-6-10(9)11(13)15/h3-6,14H,7-8H2,1-2H3. The molecule has 0 aromatic heterocycles. The zero-order valence-electron chi connectivity index (χ0n) is 9.03. The van der Waals surface area contributed by atoms with Gasteiger partial charge in [0.05, 0.1) is 12.1 Å². The van der Waals surface area contributed by atoms with Crippen LogP contribution in [0.3, 0.4) is 0 Å². The minimum absolute atomic E-state index is 0.0182. The number of carbonyl (C=O) groups is 1. The number of nitrogens with zero attached hydrogens (tertiary/aromatic N) is 1. The van der Waals surface area contributed by atoms with Crippen LogP contribution in [-0.2, 0) is 6.54 Å². The van der Waals surface area contributed by atoms with E-state index in [1.165, 1.54) is 0 Å². The number of rotatable bonds is 2. The fourth-order valence-electron chi connectivity index (χ4n) is 1.83. The van der Waals surface area contributed by atoms with E-state index in [2.05, 4.69) is 0 Å². The molecule has 2 rings (SSSR count). The van der Waals surface area contributed by atoms with Crippen LogP contribution in [0, 0.1) is 0 Å². The van der Waals surface area contributed by atoms with Gasteiger partial charge in [-0.05, 0) is 25.5 Å². The second-order valence-electron chi connectivity index (χ2n) is 4.52. The van der Waals surface area contributed by atoms with Crippen molar-refractivity contribution >= 4 is 5.91 Å². The highest BCUT2D eigenvalue weighted by atomic mass is 16.3. The topological polar surface area (TPSA) is 40.5 Å². The minimum atomic E-state index is -0.490. The van der Waals surface area contributed by atoms with Crippen molar-refractivity contribution < 1.29 is 9.90 Å². The maximum absolute atomic E-state index is 12.0. The summed E-state index contributed by atoms with van der Waals surface area (Å²) in [6.07, 6.45) is 0. The van der Waals surface area contributed by atoms with Crippen LogP contribution in [0.15, 0.2) is 24.3 Å². The van der Waals surface area contributed by atoms with Crippen LogP contribution in [0.25, 0.3) is 0 Å². The SMILES string of the molecule is CC(C)(CO)N1Cc2ccccc2C1=O.